The number of primary amides is 1. The molecule has 0 bridgehead atoms. The van der Waals surface area contributed by atoms with Gasteiger partial charge in [0.05, 0.1) is 0 Å². The van der Waals surface area contributed by atoms with Gasteiger partial charge in [0.25, 0.3) is 0 Å². The number of urea groups is 1. The van der Waals surface area contributed by atoms with Crippen molar-refractivity contribution in [1.29, 1.82) is 0 Å². The molecule has 7 heteroatoms. The summed E-state index contributed by atoms with van der Waals surface area (Å²) < 4.78 is 0. The molecule has 0 aliphatic rings. The Hall–Kier alpha value is -1.79. The highest BCUT2D eigenvalue weighted by molar-refractivity contribution is 5.89. The Labute approximate surface area is 112 Å². The number of carboxylic acid groups (broad SMARTS) is 1. The van der Waals surface area contributed by atoms with E-state index in [1.165, 1.54) is 0 Å². The molecular weight excluding hydrogens is 250 g/mol. The quantitative estimate of drug-likeness (QED) is 0.512. The lowest BCUT2D eigenvalue weighted by Crippen LogP contribution is -2.54. The average Bonchev–Trinajstić information content (AvgIpc) is 2.30. The summed E-state index contributed by atoms with van der Waals surface area (Å²) in [5.41, 5.74) is 4.99. The van der Waals surface area contributed by atoms with E-state index in [0.717, 1.165) is 6.42 Å². The number of carbonyl (C=O) groups excluding carboxylic acids is 2. The maximum Gasteiger partial charge on any atom is 0.326 e. The van der Waals surface area contributed by atoms with Crippen LogP contribution in [0.4, 0.5) is 4.79 Å². The fourth-order valence-electron chi connectivity index (χ4n) is 1.62. The van der Waals surface area contributed by atoms with Crippen LogP contribution in [0, 0.1) is 5.92 Å². The molecule has 0 aliphatic heterocycles. The van der Waals surface area contributed by atoms with E-state index in [1.807, 2.05) is 6.92 Å². The number of carboxylic acids is 1. The number of amides is 3. The van der Waals surface area contributed by atoms with Crippen LogP contribution in [-0.2, 0) is 9.59 Å². The molecule has 0 aromatic heterocycles. The fraction of sp³-hybridized carbons (Fsp3) is 0.750. The highest BCUT2D eigenvalue weighted by Crippen LogP contribution is 2.05. The topological polar surface area (TPSA) is 122 Å². The first kappa shape index (κ1) is 17.2. The molecule has 0 radical (unpaired) electrons. The monoisotopic (exact) mass is 273 g/mol. The van der Waals surface area contributed by atoms with E-state index in [2.05, 4.69) is 10.6 Å². The number of nitrogens with one attached hydrogen (secondary N) is 2. The van der Waals surface area contributed by atoms with Gasteiger partial charge < -0.3 is 21.5 Å². The van der Waals surface area contributed by atoms with Gasteiger partial charge in [-0.05, 0) is 12.3 Å². The number of aliphatic carboxylic acids is 1. The molecule has 0 spiro atoms. The molecule has 0 aliphatic carbocycles. The van der Waals surface area contributed by atoms with Gasteiger partial charge in [0.2, 0.25) is 5.91 Å². The van der Waals surface area contributed by atoms with Gasteiger partial charge in [-0.25, -0.2) is 9.59 Å². The third kappa shape index (κ3) is 6.64. The minimum Gasteiger partial charge on any atom is -0.480 e. The Morgan fingerprint density at radius 1 is 1.21 bits per heavy atom. The molecule has 3 amide bonds. The minimum absolute atomic E-state index is 0.187. The van der Waals surface area contributed by atoms with Gasteiger partial charge in [-0.2, -0.15) is 0 Å². The maximum atomic E-state index is 12.0. The number of rotatable bonds is 8. The zero-order chi connectivity index (χ0) is 15.0. The Kier molecular flexibility index (Phi) is 7.55. The molecule has 0 rings (SSSR count). The molecule has 0 fully saturated rings. The minimum atomic E-state index is -1.08. The van der Waals surface area contributed by atoms with Crippen LogP contribution in [0.1, 0.15) is 40.0 Å². The number of unbranched alkanes of at least 4 members (excludes halogenated alkanes) is 1. The predicted molar refractivity (Wildman–Crippen MR) is 70.4 cm³/mol. The summed E-state index contributed by atoms with van der Waals surface area (Å²) in [6, 6.07) is -2.58. The third-order valence-electron chi connectivity index (χ3n) is 2.71. The zero-order valence-electron chi connectivity index (χ0n) is 11.6. The van der Waals surface area contributed by atoms with Crippen LogP contribution in [-0.4, -0.2) is 35.1 Å². The Morgan fingerprint density at radius 3 is 2.16 bits per heavy atom. The second-order valence-electron chi connectivity index (χ2n) is 4.77. The van der Waals surface area contributed by atoms with E-state index >= 15 is 0 Å². The molecule has 5 N–H and O–H groups in total. The van der Waals surface area contributed by atoms with Crippen molar-refractivity contribution in [2.24, 2.45) is 11.7 Å². The average molecular weight is 273 g/mol. The fourth-order valence-corrected chi connectivity index (χ4v) is 1.62. The van der Waals surface area contributed by atoms with Crippen LogP contribution in [0.25, 0.3) is 0 Å². The lowest BCUT2D eigenvalue weighted by atomic mass is 10.0. The van der Waals surface area contributed by atoms with Crippen molar-refractivity contribution in [2.45, 2.75) is 52.1 Å². The molecule has 0 saturated carbocycles. The van der Waals surface area contributed by atoms with Crippen molar-refractivity contribution in [3.63, 3.8) is 0 Å². The maximum absolute atomic E-state index is 12.0. The molecule has 0 aromatic carbocycles. The molecule has 0 heterocycles. The normalized spacial score (nSPS) is 13.7. The van der Waals surface area contributed by atoms with Crippen molar-refractivity contribution < 1.29 is 19.5 Å². The van der Waals surface area contributed by atoms with Crippen molar-refractivity contribution in [1.82, 2.24) is 10.6 Å². The second kappa shape index (κ2) is 8.34. The number of hydrogen-bond acceptors (Lipinski definition) is 3. The molecule has 1 unspecified atom stereocenters. The van der Waals surface area contributed by atoms with Crippen molar-refractivity contribution in [3.05, 3.63) is 0 Å². The van der Waals surface area contributed by atoms with Crippen molar-refractivity contribution in [3.8, 4) is 0 Å². The number of nitrogens with two attached hydrogens (primary N) is 1. The zero-order valence-corrected chi connectivity index (χ0v) is 11.6. The standard InChI is InChI=1S/C12H23N3O4/c1-4-5-6-8(11(17)18)14-10(16)9(7(2)3)15-12(13)19/h7-9H,4-6H2,1-3H3,(H,14,16)(H,17,18)(H3,13,15,19)/t8-,9?/m0/s1. The first-order valence-electron chi connectivity index (χ1n) is 6.38. The Morgan fingerprint density at radius 2 is 1.79 bits per heavy atom. The van der Waals surface area contributed by atoms with Gasteiger partial charge in [0.1, 0.15) is 12.1 Å². The summed E-state index contributed by atoms with van der Waals surface area (Å²) in [4.78, 5) is 33.8. The summed E-state index contributed by atoms with van der Waals surface area (Å²) in [5.74, 6) is -1.80. The van der Waals surface area contributed by atoms with E-state index in [9.17, 15) is 14.4 Å². The van der Waals surface area contributed by atoms with Gasteiger partial charge in [0, 0.05) is 0 Å². The highest BCUT2D eigenvalue weighted by Gasteiger charge is 2.27. The number of hydrogen-bond donors (Lipinski definition) is 4. The van der Waals surface area contributed by atoms with E-state index in [1.54, 1.807) is 13.8 Å². The molecule has 110 valence electrons. The molecule has 2 atom stereocenters. The molecular formula is C12H23N3O4. The lowest BCUT2D eigenvalue weighted by Gasteiger charge is -2.23. The van der Waals surface area contributed by atoms with E-state index < -0.39 is 30.0 Å². The Balaban J connectivity index is 4.65. The lowest BCUT2D eigenvalue weighted by molar-refractivity contribution is -0.142. The van der Waals surface area contributed by atoms with Crippen LogP contribution in [0.5, 0.6) is 0 Å². The molecule has 0 aromatic rings. The summed E-state index contributed by atoms with van der Waals surface area (Å²) >= 11 is 0. The second-order valence-corrected chi connectivity index (χ2v) is 4.77. The summed E-state index contributed by atoms with van der Waals surface area (Å²) in [6.07, 6.45) is 1.90. The summed E-state index contributed by atoms with van der Waals surface area (Å²) in [5, 5.41) is 13.8. The van der Waals surface area contributed by atoms with Crippen molar-refractivity contribution >= 4 is 17.9 Å². The SMILES string of the molecule is CCCC[C@H](NC(=O)C(NC(N)=O)C(C)C)C(=O)O. The van der Waals surface area contributed by atoms with Crippen LogP contribution in [0.15, 0.2) is 0 Å². The Bertz CT molecular complexity index is 331. The largest absolute Gasteiger partial charge is 0.480 e. The third-order valence-corrected chi connectivity index (χ3v) is 2.71. The number of carbonyl (C=O) groups is 3. The van der Waals surface area contributed by atoms with E-state index in [4.69, 9.17) is 10.8 Å². The molecule has 7 nitrogen and oxygen atoms in total. The van der Waals surface area contributed by atoms with Gasteiger partial charge >= 0.3 is 12.0 Å². The van der Waals surface area contributed by atoms with Crippen LogP contribution >= 0.6 is 0 Å². The van der Waals surface area contributed by atoms with Gasteiger partial charge in [-0.15, -0.1) is 0 Å². The smallest absolute Gasteiger partial charge is 0.326 e. The highest BCUT2D eigenvalue weighted by atomic mass is 16.4. The first-order chi connectivity index (χ1) is 8.79. The van der Waals surface area contributed by atoms with Crippen LogP contribution < -0.4 is 16.4 Å². The first-order valence-corrected chi connectivity index (χ1v) is 6.38. The van der Waals surface area contributed by atoms with Gasteiger partial charge in [-0.1, -0.05) is 33.6 Å². The van der Waals surface area contributed by atoms with Crippen LogP contribution in [0.3, 0.4) is 0 Å². The summed E-state index contributed by atoms with van der Waals surface area (Å²) in [6.45, 7) is 5.41. The molecule has 19 heavy (non-hydrogen) atoms. The van der Waals surface area contributed by atoms with Crippen LogP contribution in [0.2, 0.25) is 0 Å². The predicted octanol–water partition coefficient (Wildman–Crippen LogP) is 0.439. The van der Waals surface area contributed by atoms with Gasteiger partial charge in [0.15, 0.2) is 0 Å². The van der Waals surface area contributed by atoms with Gasteiger partial charge in [-0.3, -0.25) is 4.79 Å². The summed E-state index contributed by atoms with van der Waals surface area (Å²) in [7, 11) is 0. The van der Waals surface area contributed by atoms with E-state index in [-0.39, 0.29) is 5.92 Å². The van der Waals surface area contributed by atoms with Crippen molar-refractivity contribution in [2.75, 3.05) is 0 Å². The van der Waals surface area contributed by atoms with E-state index in [0.29, 0.717) is 12.8 Å². The molecule has 0 saturated heterocycles.